The molecule has 1 atom stereocenters. The molecule has 1 heterocycles. The fourth-order valence-electron chi connectivity index (χ4n) is 4.08. The molecular formula is C19H28N2O2S. The molecule has 4 nitrogen and oxygen atoms in total. The summed E-state index contributed by atoms with van der Waals surface area (Å²) in [6.07, 6.45) is 7.08. The van der Waals surface area contributed by atoms with E-state index in [-0.39, 0.29) is 17.2 Å². The number of nitrogens with two attached hydrogens (primary N) is 1. The van der Waals surface area contributed by atoms with E-state index < -0.39 is 5.91 Å². The Morgan fingerprint density at radius 2 is 1.83 bits per heavy atom. The first kappa shape index (κ1) is 17.5. The first-order valence-electron chi connectivity index (χ1n) is 9.02. The molecule has 5 heteroatoms. The lowest BCUT2D eigenvalue weighted by Gasteiger charge is -2.33. The Labute approximate surface area is 148 Å². The van der Waals surface area contributed by atoms with Crippen LogP contribution >= 0.6 is 11.3 Å². The van der Waals surface area contributed by atoms with Crippen molar-refractivity contribution in [2.75, 3.05) is 5.32 Å². The van der Waals surface area contributed by atoms with Crippen LogP contribution in [-0.4, -0.2) is 11.8 Å². The number of primary amides is 1. The maximum Gasteiger partial charge on any atom is 0.251 e. The van der Waals surface area contributed by atoms with Gasteiger partial charge in [0.15, 0.2) is 0 Å². The molecule has 0 saturated heterocycles. The van der Waals surface area contributed by atoms with Gasteiger partial charge in [0.2, 0.25) is 5.91 Å². The van der Waals surface area contributed by atoms with Crippen LogP contribution in [0.3, 0.4) is 0 Å². The van der Waals surface area contributed by atoms with Gasteiger partial charge in [0.1, 0.15) is 5.00 Å². The molecule has 2 aliphatic carbocycles. The molecule has 3 N–H and O–H groups in total. The van der Waals surface area contributed by atoms with Crippen molar-refractivity contribution in [1.29, 1.82) is 0 Å². The topological polar surface area (TPSA) is 72.2 Å². The second-order valence-electron chi connectivity index (χ2n) is 8.35. The summed E-state index contributed by atoms with van der Waals surface area (Å²) in [5.41, 5.74) is 7.54. The highest BCUT2D eigenvalue weighted by Gasteiger charge is 2.34. The van der Waals surface area contributed by atoms with E-state index >= 15 is 0 Å². The molecule has 1 aromatic heterocycles. The van der Waals surface area contributed by atoms with Crippen LogP contribution in [0.2, 0.25) is 0 Å². The summed E-state index contributed by atoms with van der Waals surface area (Å²) in [4.78, 5) is 25.7. The Balaban J connectivity index is 1.86. The second-order valence-corrected chi connectivity index (χ2v) is 9.45. The molecule has 1 fully saturated rings. The van der Waals surface area contributed by atoms with Crippen LogP contribution in [0, 0.1) is 17.3 Å². The number of thiophene rings is 1. The van der Waals surface area contributed by atoms with E-state index in [9.17, 15) is 9.59 Å². The van der Waals surface area contributed by atoms with Crippen molar-refractivity contribution in [3.05, 3.63) is 16.0 Å². The van der Waals surface area contributed by atoms with Crippen LogP contribution in [0.15, 0.2) is 0 Å². The lowest BCUT2D eigenvalue weighted by molar-refractivity contribution is -0.119. The lowest BCUT2D eigenvalue weighted by Crippen LogP contribution is -2.27. The van der Waals surface area contributed by atoms with Gasteiger partial charge in [-0.2, -0.15) is 0 Å². The number of carbonyl (C=O) groups excluding carboxylic acids is 2. The predicted molar refractivity (Wildman–Crippen MR) is 98.4 cm³/mol. The molecule has 2 amide bonds. The first-order valence-corrected chi connectivity index (χ1v) is 9.84. The maximum absolute atomic E-state index is 12.5. The molecule has 2 aliphatic rings. The third-order valence-electron chi connectivity index (χ3n) is 5.70. The van der Waals surface area contributed by atoms with Gasteiger partial charge >= 0.3 is 0 Å². The molecule has 0 bridgehead atoms. The van der Waals surface area contributed by atoms with Gasteiger partial charge in [-0.15, -0.1) is 11.3 Å². The Morgan fingerprint density at radius 1 is 1.17 bits per heavy atom. The fraction of sp³-hybridized carbons (Fsp3) is 0.684. The maximum atomic E-state index is 12.5. The second kappa shape index (κ2) is 6.51. The number of anilines is 1. The van der Waals surface area contributed by atoms with Crippen LogP contribution in [0.4, 0.5) is 5.00 Å². The Kier molecular flexibility index (Phi) is 4.73. The molecule has 0 spiro atoms. The zero-order valence-corrected chi connectivity index (χ0v) is 15.7. The van der Waals surface area contributed by atoms with Crippen molar-refractivity contribution < 1.29 is 9.59 Å². The zero-order chi connectivity index (χ0) is 17.5. The van der Waals surface area contributed by atoms with Crippen molar-refractivity contribution in [3.63, 3.8) is 0 Å². The molecule has 1 unspecified atom stereocenters. The van der Waals surface area contributed by atoms with E-state index in [4.69, 9.17) is 5.73 Å². The summed E-state index contributed by atoms with van der Waals surface area (Å²) in [6.45, 7) is 6.82. The highest BCUT2D eigenvalue weighted by Crippen LogP contribution is 2.44. The minimum atomic E-state index is -0.413. The van der Waals surface area contributed by atoms with Crippen LogP contribution in [0.5, 0.6) is 0 Å². The van der Waals surface area contributed by atoms with E-state index in [0.717, 1.165) is 50.5 Å². The van der Waals surface area contributed by atoms with E-state index in [0.29, 0.717) is 16.5 Å². The van der Waals surface area contributed by atoms with Crippen LogP contribution in [0.25, 0.3) is 0 Å². The highest BCUT2D eigenvalue weighted by atomic mass is 32.1. The number of hydrogen-bond acceptors (Lipinski definition) is 3. The molecule has 0 radical (unpaired) electrons. The minimum absolute atomic E-state index is 0.0565. The van der Waals surface area contributed by atoms with Gasteiger partial charge in [-0.1, -0.05) is 33.6 Å². The smallest absolute Gasteiger partial charge is 0.251 e. The molecule has 0 aromatic carbocycles. The number of nitrogens with one attached hydrogen (secondary N) is 1. The molecule has 0 aliphatic heterocycles. The average molecular weight is 349 g/mol. The van der Waals surface area contributed by atoms with Crippen molar-refractivity contribution in [2.45, 2.75) is 65.7 Å². The van der Waals surface area contributed by atoms with Crippen molar-refractivity contribution in [3.8, 4) is 0 Å². The van der Waals surface area contributed by atoms with Gasteiger partial charge in [0.05, 0.1) is 5.56 Å². The number of fused-ring (bicyclic) bond motifs is 1. The first-order chi connectivity index (χ1) is 11.3. The normalized spacial score (nSPS) is 21.5. The van der Waals surface area contributed by atoms with Crippen molar-refractivity contribution in [1.82, 2.24) is 0 Å². The lowest BCUT2D eigenvalue weighted by atomic mass is 9.72. The summed E-state index contributed by atoms with van der Waals surface area (Å²) < 4.78 is 0. The molecule has 132 valence electrons. The number of amides is 2. The van der Waals surface area contributed by atoms with Crippen molar-refractivity contribution in [2.24, 2.45) is 23.0 Å². The van der Waals surface area contributed by atoms with Crippen LogP contribution in [-0.2, 0) is 17.6 Å². The van der Waals surface area contributed by atoms with E-state index in [1.54, 1.807) is 11.3 Å². The van der Waals surface area contributed by atoms with E-state index in [1.165, 1.54) is 4.88 Å². The fourth-order valence-corrected chi connectivity index (χ4v) is 5.41. The highest BCUT2D eigenvalue weighted by molar-refractivity contribution is 7.17. The SMILES string of the molecule is CC(C)(C)C1CCc2c(sc(NC(=O)C3CCCC3)c2C(N)=O)C1. The van der Waals surface area contributed by atoms with Gasteiger partial charge in [-0.05, 0) is 49.0 Å². The molecule has 1 aromatic rings. The van der Waals surface area contributed by atoms with Crippen molar-refractivity contribution >= 4 is 28.2 Å². The van der Waals surface area contributed by atoms with E-state index in [2.05, 4.69) is 26.1 Å². The van der Waals surface area contributed by atoms with Crippen LogP contribution < -0.4 is 11.1 Å². The zero-order valence-electron chi connectivity index (χ0n) is 14.9. The Morgan fingerprint density at radius 3 is 2.42 bits per heavy atom. The largest absolute Gasteiger partial charge is 0.365 e. The summed E-state index contributed by atoms with van der Waals surface area (Å²) in [5.74, 6) is 0.333. The molecule has 3 rings (SSSR count). The quantitative estimate of drug-likeness (QED) is 0.862. The minimum Gasteiger partial charge on any atom is -0.365 e. The third kappa shape index (κ3) is 3.37. The third-order valence-corrected chi connectivity index (χ3v) is 6.87. The summed E-state index contributed by atoms with van der Waals surface area (Å²) in [6, 6.07) is 0. The number of carbonyl (C=O) groups is 2. The number of rotatable bonds is 3. The summed E-state index contributed by atoms with van der Waals surface area (Å²) in [5, 5.41) is 3.70. The number of hydrogen-bond donors (Lipinski definition) is 2. The van der Waals surface area contributed by atoms with Gasteiger partial charge < -0.3 is 11.1 Å². The van der Waals surface area contributed by atoms with E-state index in [1.807, 2.05) is 0 Å². The van der Waals surface area contributed by atoms with Gasteiger partial charge in [-0.25, -0.2) is 0 Å². The Hall–Kier alpha value is -1.36. The van der Waals surface area contributed by atoms with Gasteiger partial charge in [0.25, 0.3) is 5.91 Å². The standard InChI is InChI=1S/C19H28N2O2S/c1-19(2,3)12-8-9-13-14(10-12)24-18(15(13)16(20)22)21-17(23)11-6-4-5-7-11/h11-12H,4-10H2,1-3H3,(H2,20,22)(H,21,23). The average Bonchev–Trinajstić information content (AvgIpc) is 3.12. The van der Waals surface area contributed by atoms with Gasteiger partial charge in [-0.3, -0.25) is 9.59 Å². The monoisotopic (exact) mass is 348 g/mol. The molecule has 24 heavy (non-hydrogen) atoms. The predicted octanol–water partition coefficient (Wildman–Crippen LogP) is 4.13. The molecular weight excluding hydrogens is 320 g/mol. The Bertz CT molecular complexity index is 651. The summed E-state index contributed by atoms with van der Waals surface area (Å²) >= 11 is 1.56. The van der Waals surface area contributed by atoms with Gasteiger partial charge in [0, 0.05) is 10.8 Å². The molecule has 1 saturated carbocycles. The summed E-state index contributed by atoms with van der Waals surface area (Å²) in [7, 11) is 0. The van der Waals surface area contributed by atoms with Crippen LogP contribution in [0.1, 0.15) is 73.7 Å².